The molecule has 2 aromatic carbocycles. The Morgan fingerprint density at radius 2 is 1.41 bits per heavy atom. The van der Waals surface area contributed by atoms with E-state index < -0.39 is 5.60 Å². The number of rotatable bonds is 9. The molecule has 2 rings (SSSR count). The van der Waals surface area contributed by atoms with Gasteiger partial charge in [-0.15, -0.1) is 0 Å². The molecule has 1 N–H and O–H groups in total. The Morgan fingerprint density at radius 3 is 1.82 bits per heavy atom. The minimum absolute atomic E-state index is 0.0824. The van der Waals surface area contributed by atoms with Crippen molar-refractivity contribution in [3.05, 3.63) is 57.0 Å². The molecule has 34 heavy (non-hydrogen) atoms. The highest BCUT2D eigenvalue weighted by Crippen LogP contribution is 2.22. The zero-order chi connectivity index (χ0) is 25.7. The number of halogens is 4. The van der Waals surface area contributed by atoms with E-state index in [0.717, 1.165) is 0 Å². The van der Waals surface area contributed by atoms with Crippen LogP contribution < -0.4 is 9.47 Å². The molecule has 0 saturated heterocycles. The van der Waals surface area contributed by atoms with Gasteiger partial charge in [0, 0.05) is 38.8 Å². The number of hydrogen-bond donors (Lipinski definition) is 1. The highest BCUT2D eigenvalue weighted by atomic mass is 79.9. The van der Waals surface area contributed by atoms with Crippen LogP contribution >= 0.6 is 31.9 Å². The molecule has 0 bridgehead atoms. The smallest absolute Gasteiger partial charge is 0.410 e. The summed E-state index contributed by atoms with van der Waals surface area (Å²) in [4.78, 5) is 13.2. The summed E-state index contributed by atoms with van der Waals surface area (Å²) >= 11 is 6.12. The fraction of sp³-hybridized carbons (Fsp3) is 0.458. The Bertz CT molecular complexity index is 909. The molecule has 0 atom stereocenters. The number of ether oxygens (including phenoxy) is 3. The number of hydrogen-bond acceptors (Lipinski definition) is 5. The lowest BCUT2D eigenvalue weighted by atomic mass is 10.2. The van der Waals surface area contributed by atoms with E-state index in [-0.39, 0.29) is 24.3 Å². The molecular formula is C24H31Br2F2NO5. The van der Waals surface area contributed by atoms with Crippen LogP contribution in [0.3, 0.4) is 0 Å². The van der Waals surface area contributed by atoms with Gasteiger partial charge in [-0.05, 0) is 83.3 Å². The standard InChI is InChI=1S/C15H21BrFNO3.C9H10BrFO2/c1-15(2,3)21-14(19)18(4)8-5-9-20-11-6-7-12(16)13(17)10-11;10-8-3-2-7(6-9(8)11)13-5-1-4-12/h6-7,10H,5,8-9H2,1-4H3;2-3,6,12H,1,4-5H2. The van der Waals surface area contributed by atoms with Gasteiger partial charge in [-0.25, -0.2) is 13.6 Å². The first-order valence-electron chi connectivity index (χ1n) is 10.6. The van der Waals surface area contributed by atoms with Crippen molar-refractivity contribution in [2.45, 2.75) is 39.2 Å². The number of nitrogens with zero attached hydrogens (tertiary/aromatic N) is 1. The summed E-state index contributed by atoms with van der Waals surface area (Å²) in [6.45, 7) is 6.86. The number of carbonyl (C=O) groups excluding carboxylic acids is 1. The quantitative estimate of drug-likeness (QED) is 0.325. The van der Waals surface area contributed by atoms with Gasteiger partial charge in [-0.1, -0.05) is 0 Å². The molecule has 190 valence electrons. The molecule has 0 spiro atoms. The van der Waals surface area contributed by atoms with E-state index in [0.29, 0.717) is 53.0 Å². The van der Waals surface area contributed by atoms with Crippen molar-refractivity contribution < 1.29 is 32.9 Å². The first kappa shape index (κ1) is 30.1. The van der Waals surface area contributed by atoms with E-state index in [1.165, 1.54) is 17.0 Å². The van der Waals surface area contributed by atoms with E-state index in [2.05, 4.69) is 31.9 Å². The van der Waals surface area contributed by atoms with Gasteiger partial charge in [-0.3, -0.25) is 0 Å². The molecule has 0 aromatic heterocycles. The number of benzene rings is 2. The Balaban J connectivity index is 0.000000380. The predicted octanol–water partition coefficient (Wildman–Crippen LogP) is 6.57. The summed E-state index contributed by atoms with van der Waals surface area (Å²) < 4.78 is 42.8. The molecule has 0 aliphatic carbocycles. The summed E-state index contributed by atoms with van der Waals surface area (Å²) in [6.07, 6.45) is 0.822. The molecule has 2 aromatic rings. The Labute approximate surface area is 216 Å². The van der Waals surface area contributed by atoms with Gasteiger partial charge in [0.2, 0.25) is 0 Å². The summed E-state index contributed by atoms with van der Waals surface area (Å²) in [5.74, 6) is 0.240. The molecule has 0 aliphatic rings. The van der Waals surface area contributed by atoms with E-state index in [4.69, 9.17) is 19.3 Å². The first-order chi connectivity index (χ1) is 15.9. The summed E-state index contributed by atoms with van der Waals surface area (Å²) in [5, 5.41) is 8.48. The van der Waals surface area contributed by atoms with Gasteiger partial charge < -0.3 is 24.2 Å². The minimum atomic E-state index is -0.503. The Kier molecular flexibility index (Phi) is 13.4. The first-order valence-corrected chi connectivity index (χ1v) is 12.2. The number of amides is 1. The molecular weight excluding hydrogens is 580 g/mol. The van der Waals surface area contributed by atoms with Crippen molar-refractivity contribution in [1.29, 1.82) is 0 Å². The van der Waals surface area contributed by atoms with Crippen LogP contribution in [0.25, 0.3) is 0 Å². The van der Waals surface area contributed by atoms with Gasteiger partial charge in [0.15, 0.2) is 0 Å². The van der Waals surface area contributed by atoms with Crippen LogP contribution in [0.2, 0.25) is 0 Å². The van der Waals surface area contributed by atoms with Gasteiger partial charge in [0.25, 0.3) is 0 Å². The van der Waals surface area contributed by atoms with Crippen LogP contribution in [0, 0.1) is 11.6 Å². The molecule has 0 fully saturated rings. The van der Waals surface area contributed by atoms with Crippen LogP contribution in [0.1, 0.15) is 33.6 Å². The average molecular weight is 611 g/mol. The fourth-order valence-corrected chi connectivity index (χ4v) is 2.80. The maximum Gasteiger partial charge on any atom is 0.410 e. The van der Waals surface area contributed by atoms with Crippen molar-refractivity contribution in [2.24, 2.45) is 0 Å². The maximum absolute atomic E-state index is 13.3. The van der Waals surface area contributed by atoms with Gasteiger partial charge in [0.1, 0.15) is 28.7 Å². The lowest BCUT2D eigenvalue weighted by Gasteiger charge is -2.24. The largest absolute Gasteiger partial charge is 0.493 e. The SMILES string of the molecule is CN(CCCOc1ccc(Br)c(F)c1)C(=O)OC(C)(C)C.OCCCOc1ccc(Br)c(F)c1. The third kappa shape index (κ3) is 12.5. The van der Waals surface area contributed by atoms with E-state index >= 15 is 0 Å². The maximum atomic E-state index is 13.3. The number of aliphatic hydroxyl groups is 1. The molecule has 0 aliphatic heterocycles. The van der Waals surface area contributed by atoms with Crippen molar-refractivity contribution in [3.63, 3.8) is 0 Å². The number of aliphatic hydroxyl groups excluding tert-OH is 1. The zero-order valence-corrected chi connectivity index (χ0v) is 22.9. The third-order valence-electron chi connectivity index (χ3n) is 3.97. The topological polar surface area (TPSA) is 68.2 Å². The summed E-state index contributed by atoms with van der Waals surface area (Å²) in [6, 6.07) is 9.17. The Hall–Kier alpha value is -1.91. The fourth-order valence-electron chi connectivity index (χ4n) is 2.31. The molecule has 0 saturated carbocycles. The van der Waals surface area contributed by atoms with Gasteiger partial charge >= 0.3 is 6.09 Å². The number of carbonyl (C=O) groups is 1. The second kappa shape index (κ2) is 15.2. The normalized spacial score (nSPS) is 10.7. The molecule has 6 nitrogen and oxygen atoms in total. The van der Waals surface area contributed by atoms with Crippen LogP contribution in [0.4, 0.5) is 13.6 Å². The molecule has 0 radical (unpaired) electrons. The van der Waals surface area contributed by atoms with Crippen molar-refractivity contribution in [2.75, 3.05) is 33.4 Å². The van der Waals surface area contributed by atoms with Crippen LogP contribution in [-0.2, 0) is 4.74 Å². The monoisotopic (exact) mass is 609 g/mol. The summed E-state index contributed by atoms with van der Waals surface area (Å²) in [7, 11) is 1.67. The lowest BCUT2D eigenvalue weighted by molar-refractivity contribution is 0.0292. The van der Waals surface area contributed by atoms with Crippen LogP contribution in [-0.4, -0.2) is 55.1 Å². The third-order valence-corrected chi connectivity index (χ3v) is 5.25. The second-order valence-electron chi connectivity index (χ2n) is 8.18. The van der Waals surface area contributed by atoms with Crippen LogP contribution in [0.5, 0.6) is 11.5 Å². The second-order valence-corrected chi connectivity index (χ2v) is 9.89. The zero-order valence-electron chi connectivity index (χ0n) is 19.7. The Morgan fingerprint density at radius 1 is 0.941 bits per heavy atom. The highest BCUT2D eigenvalue weighted by molar-refractivity contribution is 9.10. The lowest BCUT2D eigenvalue weighted by Crippen LogP contribution is -2.35. The molecule has 0 heterocycles. The summed E-state index contributed by atoms with van der Waals surface area (Å²) in [5.41, 5.74) is -0.503. The molecule has 1 amide bonds. The van der Waals surface area contributed by atoms with Crippen molar-refractivity contribution in [3.8, 4) is 11.5 Å². The molecule has 10 heteroatoms. The highest BCUT2D eigenvalue weighted by Gasteiger charge is 2.19. The van der Waals surface area contributed by atoms with E-state index in [1.807, 2.05) is 20.8 Å². The molecule has 0 unspecified atom stereocenters. The average Bonchev–Trinajstić information content (AvgIpc) is 2.75. The minimum Gasteiger partial charge on any atom is -0.493 e. The van der Waals surface area contributed by atoms with Crippen LogP contribution in [0.15, 0.2) is 45.3 Å². The van der Waals surface area contributed by atoms with Gasteiger partial charge in [0.05, 0.1) is 22.2 Å². The van der Waals surface area contributed by atoms with E-state index in [1.54, 1.807) is 31.3 Å². The van der Waals surface area contributed by atoms with E-state index in [9.17, 15) is 13.6 Å². The predicted molar refractivity (Wildman–Crippen MR) is 134 cm³/mol. The van der Waals surface area contributed by atoms with Crippen molar-refractivity contribution in [1.82, 2.24) is 4.90 Å². The van der Waals surface area contributed by atoms with Gasteiger partial charge in [-0.2, -0.15) is 0 Å². The van der Waals surface area contributed by atoms with Crippen molar-refractivity contribution >= 4 is 38.0 Å².